The largest absolute Gasteiger partial charge is 0.338 e. The number of hydrogen-bond acceptors (Lipinski definition) is 2. The van der Waals surface area contributed by atoms with Crippen LogP contribution in [0.15, 0.2) is 12.1 Å². The maximum absolute atomic E-state index is 12.6. The standard InChI is InChI=1S/C9H10FNOS/c10-8-4-3-7(13-8)9(12)11-5-1-2-6-11/h3-4H,1-2,5-6H2. The second kappa shape index (κ2) is 3.46. The fourth-order valence-corrected chi connectivity index (χ4v) is 2.20. The summed E-state index contributed by atoms with van der Waals surface area (Å²) in [6, 6.07) is 2.90. The molecule has 1 aliphatic heterocycles. The number of halogens is 1. The van der Waals surface area contributed by atoms with E-state index in [1.165, 1.54) is 6.07 Å². The van der Waals surface area contributed by atoms with Crippen LogP contribution < -0.4 is 0 Å². The van der Waals surface area contributed by atoms with Gasteiger partial charge in [-0.25, -0.2) is 0 Å². The summed E-state index contributed by atoms with van der Waals surface area (Å²) < 4.78 is 12.6. The van der Waals surface area contributed by atoms with E-state index in [2.05, 4.69) is 0 Å². The quantitative estimate of drug-likeness (QED) is 0.678. The lowest BCUT2D eigenvalue weighted by molar-refractivity contribution is 0.0797. The van der Waals surface area contributed by atoms with Gasteiger partial charge in [-0.1, -0.05) is 0 Å². The van der Waals surface area contributed by atoms with E-state index in [4.69, 9.17) is 0 Å². The molecule has 1 aromatic heterocycles. The van der Waals surface area contributed by atoms with Gasteiger partial charge >= 0.3 is 0 Å². The monoisotopic (exact) mass is 199 g/mol. The van der Waals surface area contributed by atoms with Crippen molar-refractivity contribution in [2.75, 3.05) is 13.1 Å². The van der Waals surface area contributed by atoms with Gasteiger partial charge in [0.15, 0.2) is 5.13 Å². The van der Waals surface area contributed by atoms with E-state index in [0.29, 0.717) is 4.88 Å². The summed E-state index contributed by atoms with van der Waals surface area (Å²) in [4.78, 5) is 13.9. The maximum atomic E-state index is 12.6. The molecule has 2 rings (SSSR count). The summed E-state index contributed by atoms with van der Waals surface area (Å²) in [5.74, 6) is -0.0219. The molecule has 0 spiro atoms. The number of hydrogen-bond donors (Lipinski definition) is 0. The molecule has 0 radical (unpaired) electrons. The molecule has 4 heteroatoms. The Hall–Kier alpha value is -0.900. The molecule has 2 nitrogen and oxygen atoms in total. The number of amides is 1. The van der Waals surface area contributed by atoms with Crippen molar-refractivity contribution in [2.45, 2.75) is 12.8 Å². The number of thiophene rings is 1. The van der Waals surface area contributed by atoms with Crippen LogP contribution in [-0.4, -0.2) is 23.9 Å². The highest BCUT2D eigenvalue weighted by molar-refractivity contribution is 7.12. The number of nitrogens with zero attached hydrogens (tertiary/aromatic N) is 1. The van der Waals surface area contributed by atoms with Gasteiger partial charge in [0.2, 0.25) is 0 Å². The minimum atomic E-state index is -0.289. The number of likely N-dealkylation sites (tertiary alicyclic amines) is 1. The van der Waals surface area contributed by atoms with Gasteiger partial charge in [-0.05, 0) is 25.0 Å². The van der Waals surface area contributed by atoms with Gasteiger partial charge in [0, 0.05) is 13.1 Å². The van der Waals surface area contributed by atoms with Gasteiger partial charge in [0.1, 0.15) is 0 Å². The highest BCUT2D eigenvalue weighted by atomic mass is 32.1. The summed E-state index contributed by atoms with van der Waals surface area (Å²) in [6.45, 7) is 1.64. The van der Waals surface area contributed by atoms with Crippen LogP contribution in [0.25, 0.3) is 0 Å². The first-order valence-corrected chi connectivity index (χ1v) is 5.13. The fourth-order valence-electron chi connectivity index (χ4n) is 1.51. The molecule has 1 fully saturated rings. The van der Waals surface area contributed by atoms with E-state index in [0.717, 1.165) is 37.3 Å². The third kappa shape index (κ3) is 1.72. The van der Waals surface area contributed by atoms with Crippen molar-refractivity contribution in [3.63, 3.8) is 0 Å². The fraction of sp³-hybridized carbons (Fsp3) is 0.444. The van der Waals surface area contributed by atoms with Crippen LogP contribution >= 0.6 is 11.3 Å². The highest BCUT2D eigenvalue weighted by Gasteiger charge is 2.20. The summed E-state index contributed by atoms with van der Waals surface area (Å²) in [6.07, 6.45) is 2.14. The van der Waals surface area contributed by atoms with E-state index in [1.54, 1.807) is 11.0 Å². The summed E-state index contributed by atoms with van der Waals surface area (Å²) in [5.41, 5.74) is 0. The van der Waals surface area contributed by atoms with Crippen LogP contribution in [0.4, 0.5) is 4.39 Å². The minimum Gasteiger partial charge on any atom is -0.338 e. The Morgan fingerprint density at radius 2 is 2.08 bits per heavy atom. The first kappa shape index (κ1) is 8.69. The summed E-state index contributed by atoms with van der Waals surface area (Å²) in [5, 5.41) is -0.289. The molecule has 70 valence electrons. The predicted molar refractivity (Wildman–Crippen MR) is 49.4 cm³/mol. The molecule has 13 heavy (non-hydrogen) atoms. The molecule has 0 atom stereocenters. The Kier molecular flexibility index (Phi) is 2.31. The Morgan fingerprint density at radius 3 is 2.62 bits per heavy atom. The molecule has 1 aromatic rings. The second-order valence-corrected chi connectivity index (χ2v) is 4.14. The maximum Gasteiger partial charge on any atom is 0.264 e. The minimum absolute atomic E-state index is 0.0219. The van der Waals surface area contributed by atoms with Gasteiger partial charge < -0.3 is 4.90 Å². The van der Waals surface area contributed by atoms with Crippen molar-refractivity contribution in [2.24, 2.45) is 0 Å². The zero-order chi connectivity index (χ0) is 9.26. The van der Waals surface area contributed by atoms with E-state index >= 15 is 0 Å². The molecule has 0 saturated carbocycles. The normalized spacial score (nSPS) is 16.5. The van der Waals surface area contributed by atoms with Crippen molar-refractivity contribution in [1.29, 1.82) is 0 Å². The molecule has 0 aliphatic carbocycles. The predicted octanol–water partition coefficient (Wildman–Crippen LogP) is 2.12. The molecule has 0 N–H and O–H groups in total. The molecule has 1 aliphatic rings. The van der Waals surface area contributed by atoms with Gasteiger partial charge in [-0.3, -0.25) is 4.79 Å². The van der Waals surface area contributed by atoms with Gasteiger partial charge in [0.05, 0.1) is 4.88 Å². The van der Waals surface area contributed by atoms with Gasteiger partial charge in [-0.15, -0.1) is 11.3 Å². The lowest BCUT2D eigenvalue weighted by Crippen LogP contribution is -2.26. The number of carbonyl (C=O) groups excluding carboxylic acids is 1. The first-order valence-electron chi connectivity index (χ1n) is 4.32. The summed E-state index contributed by atoms with van der Waals surface area (Å²) in [7, 11) is 0. The van der Waals surface area contributed by atoms with E-state index in [-0.39, 0.29) is 11.0 Å². The Balaban J connectivity index is 2.12. The van der Waals surface area contributed by atoms with Crippen LogP contribution in [0.3, 0.4) is 0 Å². The Morgan fingerprint density at radius 1 is 1.38 bits per heavy atom. The zero-order valence-corrected chi connectivity index (χ0v) is 7.94. The van der Waals surface area contributed by atoms with Crippen LogP contribution in [-0.2, 0) is 0 Å². The van der Waals surface area contributed by atoms with Crippen LogP contribution in [0.2, 0.25) is 0 Å². The molecule has 0 bridgehead atoms. The lowest BCUT2D eigenvalue weighted by Gasteiger charge is -2.12. The average Bonchev–Trinajstić information content (AvgIpc) is 2.72. The van der Waals surface area contributed by atoms with E-state index in [1.807, 2.05) is 0 Å². The SMILES string of the molecule is O=C(c1ccc(F)s1)N1CCCC1. The smallest absolute Gasteiger partial charge is 0.264 e. The average molecular weight is 199 g/mol. The second-order valence-electron chi connectivity index (χ2n) is 3.10. The van der Waals surface area contributed by atoms with Crippen LogP contribution in [0.5, 0.6) is 0 Å². The third-order valence-corrected chi connectivity index (χ3v) is 3.04. The number of rotatable bonds is 1. The summed E-state index contributed by atoms with van der Waals surface area (Å²) >= 11 is 0.925. The van der Waals surface area contributed by atoms with Crippen LogP contribution in [0, 0.1) is 5.13 Å². The van der Waals surface area contributed by atoms with E-state index in [9.17, 15) is 9.18 Å². The molecule has 1 amide bonds. The molecule has 1 saturated heterocycles. The van der Waals surface area contributed by atoms with E-state index < -0.39 is 0 Å². The lowest BCUT2D eigenvalue weighted by atomic mass is 10.4. The van der Waals surface area contributed by atoms with Crippen molar-refractivity contribution >= 4 is 17.2 Å². The number of carbonyl (C=O) groups is 1. The Bertz CT molecular complexity index is 317. The van der Waals surface area contributed by atoms with Gasteiger partial charge in [0.25, 0.3) is 5.91 Å². The zero-order valence-electron chi connectivity index (χ0n) is 7.12. The third-order valence-electron chi connectivity index (χ3n) is 2.18. The van der Waals surface area contributed by atoms with Crippen LogP contribution in [0.1, 0.15) is 22.5 Å². The molecular weight excluding hydrogens is 189 g/mol. The van der Waals surface area contributed by atoms with Crippen molar-refractivity contribution < 1.29 is 9.18 Å². The van der Waals surface area contributed by atoms with Crippen molar-refractivity contribution in [1.82, 2.24) is 4.90 Å². The molecule has 0 unspecified atom stereocenters. The van der Waals surface area contributed by atoms with Crippen molar-refractivity contribution in [3.05, 3.63) is 22.1 Å². The topological polar surface area (TPSA) is 20.3 Å². The first-order chi connectivity index (χ1) is 6.27. The molecular formula is C9H10FNOS. The van der Waals surface area contributed by atoms with Crippen molar-refractivity contribution in [3.8, 4) is 0 Å². The Labute approximate surface area is 80.0 Å². The molecule has 2 heterocycles. The highest BCUT2D eigenvalue weighted by Crippen LogP contribution is 2.19. The van der Waals surface area contributed by atoms with Gasteiger partial charge in [-0.2, -0.15) is 4.39 Å². The molecule has 0 aromatic carbocycles.